The fourth-order valence-electron chi connectivity index (χ4n) is 2.58. The van der Waals surface area contributed by atoms with E-state index >= 15 is 0 Å². The number of nitrogens with one attached hydrogen (secondary N) is 1. The molecule has 1 unspecified atom stereocenters. The number of nitrogens with zero attached hydrogens (tertiary/aromatic N) is 2. The summed E-state index contributed by atoms with van der Waals surface area (Å²) in [5.74, 6) is 0.0836. The number of pyridine rings is 1. The van der Waals surface area contributed by atoms with Crippen molar-refractivity contribution in [3.8, 4) is 6.07 Å². The lowest BCUT2D eigenvalue weighted by Gasteiger charge is -2.18. The van der Waals surface area contributed by atoms with Crippen molar-refractivity contribution in [3.05, 3.63) is 70.0 Å². The molecule has 1 saturated carbocycles. The van der Waals surface area contributed by atoms with E-state index in [1.165, 1.54) is 6.08 Å². The average molecular weight is 412 g/mol. The Balaban J connectivity index is 0.00000117. The van der Waals surface area contributed by atoms with Crippen LogP contribution in [-0.2, 0) is 4.79 Å². The smallest absolute Gasteiger partial charge is 0.262 e. The van der Waals surface area contributed by atoms with Gasteiger partial charge in [-0.05, 0) is 58.5 Å². The molecule has 1 amide bonds. The Hall–Kier alpha value is -2.45. The maximum atomic E-state index is 12.5. The van der Waals surface area contributed by atoms with Crippen molar-refractivity contribution in [2.24, 2.45) is 5.92 Å². The molecule has 1 atom stereocenters. The van der Waals surface area contributed by atoms with Crippen LogP contribution in [0.3, 0.4) is 0 Å². The van der Waals surface area contributed by atoms with Crippen LogP contribution in [-0.4, -0.2) is 10.9 Å². The highest BCUT2D eigenvalue weighted by Crippen LogP contribution is 2.41. The normalized spacial score (nSPS) is 14.5. The van der Waals surface area contributed by atoms with Crippen LogP contribution in [0.15, 0.2) is 58.7 Å². The molecule has 0 aliphatic heterocycles. The fourth-order valence-corrected chi connectivity index (χ4v) is 2.94. The third-order valence-corrected chi connectivity index (χ3v) is 4.37. The minimum Gasteiger partial charge on any atom is -0.344 e. The van der Waals surface area contributed by atoms with Gasteiger partial charge in [-0.25, -0.2) is 4.98 Å². The molecule has 1 aliphatic carbocycles. The molecular weight excluding hydrogens is 390 g/mol. The monoisotopic (exact) mass is 411 g/mol. The Labute approximate surface area is 163 Å². The van der Waals surface area contributed by atoms with Gasteiger partial charge in [-0.1, -0.05) is 50.2 Å². The van der Waals surface area contributed by atoms with Crippen LogP contribution in [0.2, 0.25) is 0 Å². The number of carbonyl (C=O) groups is 1. The molecule has 1 aromatic heterocycles. The van der Waals surface area contributed by atoms with Gasteiger partial charge in [0.05, 0.1) is 11.7 Å². The largest absolute Gasteiger partial charge is 0.344 e. The van der Waals surface area contributed by atoms with E-state index in [4.69, 9.17) is 0 Å². The molecule has 2 aromatic rings. The Morgan fingerprint density at radius 1 is 1.23 bits per heavy atom. The van der Waals surface area contributed by atoms with Crippen molar-refractivity contribution in [2.75, 3.05) is 0 Å². The summed E-state index contributed by atoms with van der Waals surface area (Å²) < 4.78 is 0.661. The summed E-state index contributed by atoms with van der Waals surface area (Å²) in [5.41, 5.74) is 1.70. The van der Waals surface area contributed by atoms with Crippen molar-refractivity contribution in [1.29, 1.82) is 5.26 Å². The summed E-state index contributed by atoms with van der Waals surface area (Å²) in [7, 11) is 0. The molecule has 4 nitrogen and oxygen atoms in total. The zero-order valence-electron chi connectivity index (χ0n) is 14.9. The van der Waals surface area contributed by atoms with Gasteiger partial charge in [0.2, 0.25) is 0 Å². The molecule has 1 aliphatic rings. The van der Waals surface area contributed by atoms with Gasteiger partial charge in [-0.2, -0.15) is 5.26 Å². The van der Waals surface area contributed by atoms with Crippen molar-refractivity contribution in [2.45, 2.75) is 32.7 Å². The Bertz CT molecular complexity index is 808. The lowest BCUT2D eigenvalue weighted by molar-refractivity contribution is -0.117. The van der Waals surface area contributed by atoms with Gasteiger partial charge in [0, 0.05) is 0 Å². The predicted octanol–water partition coefficient (Wildman–Crippen LogP) is 5.04. The van der Waals surface area contributed by atoms with Crippen LogP contribution < -0.4 is 5.32 Å². The zero-order chi connectivity index (χ0) is 18.9. The van der Waals surface area contributed by atoms with Crippen LogP contribution in [0.25, 0.3) is 6.08 Å². The summed E-state index contributed by atoms with van der Waals surface area (Å²) in [6.45, 7) is 4.00. The van der Waals surface area contributed by atoms with Crippen LogP contribution >= 0.6 is 15.9 Å². The summed E-state index contributed by atoms with van der Waals surface area (Å²) in [5, 5.41) is 12.4. The Morgan fingerprint density at radius 2 is 1.92 bits per heavy atom. The highest BCUT2D eigenvalue weighted by Gasteiger charge is 2.33. The quantitative estimate of drug-likeness (QED) is 0.425. The Kier molecular flexibility index (Phi) is 7.55. The fraction of sp³-hybridized carbons (Fsp3) is 0.286. The lowest BCUT2D eigenvalue weighted by Crippen LogP contribution is -2.30. The number of rotatable bonds is 5. The molecule has 0 bridgehead atoms. The summed E-state index contributed by atoms with van der Waals surface area (Å²) in [4.78, 5) is 16.8. The van der Waals surface area contributed by atoms with Gasteiger partial charge in [-0.15, -0.1) is 0 Å². The highest BCUT2D eigenvalue weighted by atomic mass is 79.9. The van der Waals surface area contributed by atoms with E-state index in [9.17, 15) is 10.1 Å². The van der Waals surface area contributed by atoms with Crippen LogP contribution in [0.4, 0.5) is 0 Å². The van der Waals surface area contributed by atoms with E-state index < -0.39 is 0 Å². The summed E-state index contributed by atoms with van der Waals surface area (Å²) in [6.07, 6.45) is 3.70. The molecule has 1 fully saturated rings. The molecule has 0 radical (unpaired) electrons. The van der Waals surface area contributed by atoms with Gasteiger partial charge < -0.3 is 5.32 Å². The molecule has 1 N–H and O–H groups in total. The topological polar surface area (TPSA) is 65.8 Å². The standard InChI is InChI=1S/C19H16BrN3O.C2H6/c20-17-8-4-7-16(22-17)11-15(12-21)19(24)23-18(14-9-10-14)13-5-2-1-3-6-13;1-2/h1-8,11,14,18H,9-10H2,(H,23,24);1-2H3/b15-11+;. The van der Waals surface area contributed by atoms with E-state index in [2.05, 4.69) is 26.2 Å². The molecule has 5 heteroatoms. The first-order valence-electron chi connectivity index (χ1n) is 8.77. The van der Waals surface area contributed by atoms with Gasteiger partial charge in [-0.3, -0.25) is 4.79 Å². The number of hydrogen-bond donors (Lipinski definition) is 1. The first-order valence-corrected chi connectivity index (χ1v) is 9.57. The van der Waals surface area contributed by atoms with Gasteiger partial charge >= 0.3 is 0 Å². The van der Waals surface area contributed by atoms with Crippen molar-refractivity contribution < 1.29 is 4.79 Å². The van der Waals surface area contributed by atoms with Crippen molar-refractivity contribution in [1.82, 2.24) is 10.3 Å². The maximum absolute atomic E-state index is 12.5. The number of carbonyl (C=O) groups excluding carboxylic acids is 1. The van der Waals surface area contributed by atoms with E-state index in [1.54, 1.807) is 12.1 Å². The second-order valence-electron chi connectivity index (χ2n) is 5.75. The highest BCUT2D eigenvalue weighted by molar-refractivity contribution is 9.10. The number of halogens is 1. The van der Waals surface area contributed by atoms with Gasteiger partial charge in [0.25, 0.3) is 5.91 Å². The first-order chi connectivity index (χ1) is 12.7. The van der Waals surface area contributed by atoms with Gasteiger partial charge in [0.15, 0.2) is 0 Å². The summed E-state index contributed by atoms with van der Waals surface area (Å²) >= 11 is 3.29. The number of benzene rings is 1. The minimum atomic E-state index is -0.361. The lowest BCUT2D eigenvalue weighted by atomic mass is 10.0. The predicted molar refractivity (Wildman–Crippen MR) is 107 cm³/mol. The molecule has 134 valence electrons. The van der Waals surface area contributed by atoms with E-state index in [1.807, 2.05) is 56.3 Å². The third-order valence-electron chi connectivity index (χ3n) is 3.93. The van der Waals surface area contributed by atoms with Crippen LogP contribution in [0.1, 0.15) is 44.0 Å². The molecule has 3 rings (SSSR count). The Morgan fingerprint density at radius 3 is 2.50 bits per heavy atom. The molecular formula is C21H22BrN3O. The SMILES string of the molecule is CC.N#C/C(=C\c1cccc(Br)n1)C(=O)NC(c1ccccc1)C1CC1. The van der Waals surface area contributed by atoms with Crippen molar-refractivity contribution >= 4 is 27.9 Å². The van der Waals surface area contributed by atoms with Crippen molar-refractivity contribution in [3.63, 3.8) is 0 Å². The average Bonchev–Trinajstić information content (AvgIpc) is 3.51. The van der Waals surface area contributed by atoms with E-state index in [-0.39, 0.29) is 17.5 Å². The molecule has 1 aromatic carbocycles. The first kappa shape index (κ1) is 19.9. The second-order valence-corrected chi connectivity index (χ2v) is 6.57. The van der Waals surface area contributed by atoms with E-state index in [0.29, 0.717) is 16.2 Å². The number of aromatic nitrogens is 1. The molecule has 1 heterocycles. The van der Waals surface area contributed by atoms with Crippen LogP contribution in [0.5, 0.6) is 0 Å². The van der Waals surface area contributed by atoms with E-state index in [0.717, 1.165) is 18.4 Å². The molecule has 0 saturated heterocycles. The van der Waals surface area contributed by atoms with Gasteiger partial charge in [0.1, 0.15) is 16.2 Å². The summed E-state index contributed by atoms with van der Waals surface area (Å²) in [6, 6.07) is 17.2. The number of nitriles is 1. The maximum Gasteiger partial charge on any atom is 0.262 e. The second kappa shape index (κ2) is 9.88. The van der Waals surface area contributed by atoms with Crippen LogP contribution in [0, 0.1) is 17.2 Å². The molecule has 26 heavy (non-hydrogen) atoms. The zero-order valence-corrected chi connectivity index (χ0v) is 16.5. The number of amides is 1. The minimum absolute atomic E-state index is 0.0501. The third kappa shape index (κ3) is 5.53. The molecule has 0 spiro atoms. The number of hydrogen-bond acceptors (Lipinski definition) is 3.